The summed E-state index contributed by atoms with van der Waals surface area (Å²) in [6.07, 6.45) is 4.70. The van der Waals surface area contributed by atoms with E-state index in [4.69, 9.17) is 14.2 Å². The number of carbonyl (C=O) groups excluding carboxylic acids is 1. The maximum absolute atomic E-state index is 15.3. The minimum atomic E-state index is -0.865. The maximum Gasteiger partial charge on any atom is 0.255 e. The van der Waals surface area contributed by atoms with Crippen LogP contribution in [0.1, 0.15) is 24.0 Å². The molecule has 2 N–H and O–H groups in total. The molecule has 1 saturated heterocycles. The van der Waals surface area contributed by atoms with Crippen molar-refractivity contribution in [2.45, 2.75) is 24.8 Å². The Morgan fingerprint density at radius 2 is 1.79 bits per heavy atom. The molecule has 2 aromatic heterocycles. The minimum absolute atomic E-state index is 0.222. The van der Waals surface area contributed by atoms with E-state index in [2.05, 4.69) is 32.1 Å². The van der Waals surface area contributed by atoms with Gasteiger partial charge >= 0.3 is 0 Å². The van der Waals surface area contributed by atoms with Crippen LogP contribution in [0.15, 0.2) is 43.1 Å². The second-order valence-electron chi connectivity index (χ2n) is 10.6. The van der Waals surface area contributed by atoms with Crippen molar-refractivity contribution in [3.63, 3.8) is 0 Å². The van der Waals surface area contributed by atoms with E-state index in [-0.39, 0.29) is 35.3 Å². The number of ether oxygens (including phenoxy) is 3. The fraction of sp³-hybridized carbons (Fsp3) is 0.367. The number of rotatable bonds is 8. The van der Waals surface area contributed by atoms with Gasteiger partial charge in [0.2, 0.25) is 17.5 Å². The molecule has 1 amide bonds. The van der Waals surface area contributed by atoms with Gasteiger partial charge < -0.3 is 34.6 Å². The van der Waals surface area contributed by atoms with Gasteiger partial charge in [0.25, 0.3) is 11.8 Å². The number of hydrogen-bond acceptors (Lipinski definition) is 9. The predicted octanol–water partition coefficient (Wildman–Crippen LogP) is 4.53. The van der Waals surface area contributed by atoms with Crippen molar-refractivity contribution in [1.82, 2.24) is 9.97 Å². The molecule has 3 aliphatic rings. The van der Waals surface area contributed by atoms with Crippen LogP contribution in [0.5, 0.6) is 11.8 Å². The summed E-state index contributed by atoms with van der Waals surface area (Å²) in [7, 11) is 2.56. The average molecular weight is 579 g/mol. The number of fused-ring (bicyclic) bond motifs is 2. The van der Waals surface area contributed by atoms with Crippen molar-refractivity contribution in [2.24, 2.45) is 0 Å². The Hall–Kier alpha value is -4.45. The van der Waals surface area contributed by atoms with Crippen LogP contribution in [0.2, 0.25) is 0 Å². The number of halogens is 2. The lowest BCUT2D eigenvalue weighted by molar-refractivity contribution is -0.111. The molecule has 1 spiro atoms. The quantitative estimate of drug-likeness (QED) is 0.374. The van der Waals surface area contributed by atoms with E-state index in [1.807, 2.05) is 24.3 Å². The maximum atomic E-state index is 15.3. The zero-order valence-electron chi connectivity index (χ0n) is 23.5. The van der Waals surface area contributed by atoms with Gasteiger partial charge in [-0.05, 0) is 54.3 Å². The molecule has 1 saturated carbocycles. The van der Waals surface area contributed by atoms with Gasteiger partial charge in [-0.2, -0.15) is 13.8 Å². The van der Waals surface area contributed by atoms with Crippen LogP contribution in [0.3, 0.4) is 0 Å². The van der Waals surface area contributed by atoms with Crippen molar-refractivity contribution in [3.05, 3.63) is 65.9 Å². The van der Waals surface area contributed by atoms with Crippen LogP contribution in [0.4, 0.5) is 37.3 Å². The molecule has 12 heteroatoms. The van der Waals surface area contributed by atoms with Crippen LogP contribution < -0.4 is 29.9 Å². The first-order valence-corrected chi connectivity index (χ1v) is 13.7. The van der Waals surface area contributed by atoms with Crippen LogP contribution in [0.25, 0.3) is 0 Å². The number of amides is 1. The molecule has 0 unspecified atom stereocenters. The van der Waals surface area contributed by atoms with Gasteiger partial charge in [0.05, 0.1) is 38.8 Å². The molecule has 1 aromatic carbocycles. The van der Waals surface area contributed by atoms with Gasteiger partial charge in [-0.1, -0.05) is 6.58 Å². The summed E-state index contributed by atoms with van der Waals surface area (Å²) >= 11 is 0. The third-order valence-corrected chi connectivity index (χ3v) is 8.05. The average Bonchev–Trinajstić information content (AvgIpc) is 3.78. The van der Waals surface area contributed by atoms with Crippen molar-refractivity contribution in [2.75, 3.05) is 67.5 Å². The molecule has 220 valence electrons. The lowest BCUT2D eigenvalue weighted by atomic mass is 9.87. The molecular formula is C30H32F2N6O4. The molecular weight excluding hydrogens is 546 g/mol. The molecule has 1 aliphatic carbocycles. The molecule has 10 nitrogen and oxygen atoms in total. The third-order valence-electron chi connectivity index (χ3n) is 8.05. The molecule has 0 atom stereocenters. The molecule has 42 heavy (non-hydrogen) atoms. The highest BCUT2D eigenvalue weighted by molar-refractivity contribution is 6.01. The Kier molecular flexibility index (Phi) is 7.31. The highest BCUT2D eigenvalue weighted by atomic mass is 19.1. The Bertz CT molecular complexity index is 1510. The number of anilines is 5. The summed E-state index contributed by atoms with van der Waals surface area (Å²) in [6.45, 7) is 7.06. The summed E-state index contributed by atoms with van der Waals surface area (Å²) in [6, 6.07) is 7.80. The zero-order valence-corrected chi connectivity index (χ0v) is 23.5. The largest absolute Gasteiger partial charge is 0.479 e. The minimum Gasteiger partial charge on any atom is -0.479 e. The number of morpholine rings is 1. The van der Waals surface area contributed by atoms with Gasteiger partial charge in [-0.25, -0.2) is 4.98 Å². The van der Waals surface area contributed by atoms with Gasteiger partial charge in [-0.15, -0.1) is 0 Å². The number of methoxy groups -OCH3 is 2. The van der Waals surface area contributed by atoms with Crippen molar-refractivity contribution < 1.29 is 27.8 Å². The Morgan fingerprint density at radius 1 is 1.07 bits per heavy atom. The first-order chi connectivity index (χ1) is 20.4. The molecule has 0 radical (unpaired) electrons. The Labute approximate surface area is 242 Å². The van der Waals surface area contributed by atoms with Gasteiger partial charge in [0, 0.05) is 43.5 Å². The number of hydrogen-bond donors (Lipinski definition) is 2. The lowest BCUT2D eigenvalue weighted by Crippen LogP contribution is -2.39. The van der Waals surface area contributed by atoms with E-state index in [1.165, 1.54) is 20.3 Å². The third kappa shape index (κ3) is 5.06. The van der Waals surface area contributed by atoms with Crippen molar-refractivity contribution >= 4 is 34.5 Å². The Morgan fingerprint density at radius 3 is 2.43 bits per heavy atom. The van der Waals surface area contributed by atoms with E-state index in [1.54, 1.807) is 11.1 Å². The highest BCUT2D eigenvalue weighted by Crippen LogP contribution is 2.54. The lowest BCUT2D eigenvalue weighted by Gasteiger charge is -2.37. The first kappa shape index (κ1) is 27.7. The highest BCUT2D eigenvalue weighted by Gasteiger charge is 2.50. The SMILES string of the molecule is C=CC(=O)Nc1ccc(N2CCOCC2)cc1Nc1cc2c(cn1)CN(c1c(F)c(OC)nc(OC)c1F)CC21CC1. The molecule has 2 fully saturated rings. The molecule has 3 aromatic rings. The van der Waals surface area contributed by atoms with E-state index in [0.29, 0.717) is 37.0 Å². The second-order valence-corrected chi connectivity index (χ2v) is 10.6. The van der Waals surface area contributed by atoms with Crippen LogP contribution in [-0.4, -0.2) is 62.9 Å². The summed E-state index contributed by atoms with van der Waals surface area (Å²) in [4.78, 5) is 24.5. The van der Waals surface area contributed by atoms with Gasteiger partial charge in [0.15, 0.2) is 0 Å². The number of nitrogens with one attached hydrogen (secondary N) is 2. The number of aromatic nitrogens is 2. The van der Waals surface area contributed by atoms with E-state index < -0.39 is 11.6 Å². The number of pyridine rings is 2. The summed E-state index contributed by atoms with van der Waals surface area (Å²) in [5.41, 5.74) is 3.74. The van der Waals surface area contributed by atoms with Crippen molar-refractivity contribution in [3.8, 4) is 11.8 Å². The number of benzene rings is 1. The van der Waals surface area contributed by atoms with Crippen LogP contribution >= 0.6 is 0 Å². The fourth-order valence-electron chi connectivity index (χ4n) is 5.74. The zero-order chi connectivity index (χ0) is 29.4. The fourth-order valence-corrected chi connectivity index (χ4v) is 5.74. The van der Waals surface area contributed by atoms with Crippen LogP contribution in [-0.2, 0) is 21.5 Å². The number of carbonyl (C=O) groups is 1. The molecule has 0 bridgehead atoms. The van der Waals surface area contributed by atoms with E-state index in [9.17, 15) is 4.79 Å². The van der Waals surface area contributed by atoms with Crippen LogP contribution in [0, 0.1) is 11.6 Å². The first-order valence-electron chi connectivity index (χ1n) is 13.7. The topological polar surface area (TPSA) is 101 Å². The standard InChI is InChI=1S/C30H32F2N6O4/c1-4-24(39)35-21-6-5-19(37-9-11-42-12-10-37)13-22(21)34-23-14-20-18(15-33-23)16-38(17-30(20)7-8-30)27-25(31)28(40-2)36-29(41-3)26(27)32/h4-6,13-15H,1,7-12,16-17H2,2-3H3,(H,33,34)(H,35,39). The van der Waals surface area contributed by atoms with Gasteiger partial charge in [0.1, 0.15) is 11.5 Å². The van der Waals surface area contributed by atoms with Gasteiger partial charge in [-0.3, -0.25) is 4.79 Å². The smallest absolute Gasteiger partial charge is 0.255 e. The molecule has 6 rings (SSSR count). The predicted molar refractivity (Wildman–Crippen MR) is 155 cm³/mol. The van der Waals surface area contributed by atoms with E-state index in [0.717, 1.165) is 42.7 Å². The Balaban J connectivity index is 1.32. The summed E-state index contributed by atoms with van der Waals surface area (Å²) in [5, 5.41) is 6.26. The summed E-state index contributed by atoms with van der Waals surface area (Å²) < 4.78 is 46.2. The van der Waals surface area contributed by atoms with Crippen molar-refractivity contribution in [1.29, 1.82) is 0 Å². The molecule has 4 heterocycles. The normalized spacial score (nSPS) is 17.0. The summed E-state index contributed by atoms with van der Waals surface area (Å²) in [5.74, 6) is -2.10. The molecule has 2 aliphatic heterocycles. The monoisotopic (exact) mass is 578 g/mol. The second kappa shape index (κ2) is 11.1. The number of nitrogens with zero attached hydrogens (tertiary/aromatic N) is 4. The van der Waals surface area contributed by atoms with E-state index >= 15 is 8.78 Å².